The number of carbonyl (C=O) groups is 1. The van der Waals surface area contributed by atoms with Gasteiger partial charge in [-0.15, -0.1) is 0 Å². The van der Waals surface area contributed by atoms with Crippen LogP contribution < -0.4 is 10.2 Å². The summed E-state index contributed by atoms with van der Waals surface area (Å²) in [4.78, 5) is 26.3. The Hall–Kier alpha value is -3.06. The number of carboxylic acids is 1. The predicted octanol–water partition coefficient (Wildman–Crippen LogP) is 3.11. The third-order valence-electron chi connectivity index (χ3n) is 4.60. The van der Waals surface area contributed by atoms with Gasteiger partial charge in [-0.1, -0.05) is 19.9 Å². The van der Waals surface area contributed by atoms with Crippen LogP contribution in [0.3, 0.4) is 0 Å². The van der Waals surface area contributed by atoms with Crippen molar-refractivity contribution in [2.75, 3.05) is 13.2 Å². The number of hydrogen-bond donors (Lipinski definition) is 3. The number of H-pyrrole nitrogens is 1. The molecule has 0 saturated carbocycles. The number of aliphatic hydroxyl groups excluding tert-OH is 1. The topological polar surface area (TPSA) is 105 Å². The third-order valence-corrected chi connectivity index (χ3v) is 4.60. The number of pyridine rings is 1. The number of fused-ring (bicyclic) bond motifs is 1. The highest BCUT2D eigenvalue weighted by Crippen LogP contribution is 2.33. The summed E-state index contributed by atoms with van der Waals surface area (Å²) in [6.07, 6.45) is 2.17. The summed E-state index contributed by atoms with van der Waals surface area (Å²) in [7, 11) is 0. The van der Waals surface area contributed by atoms with Crippen LogP contribution in [0.1, 0.15) is 30.6 Å². The first-order chi connectivity index (χ1) is 13.4. The highest BCUT2D eigenvalue weighted by atomic mass is 16.5. The summed E-state index contributed by atoms with van der Waals surface area (Å²) in [6.45, 7) is 5.13. The van der Waals surface area contributed by atoms with Gasteiger partial charge in [0, 0.05) is 24.2 Å². The Morgan fingerprint density at radius 2 is 2.07 bits per heavy atom. The van der Waals surface area contributed by atoms with E-state index < -0.39 is 11.4 Å². The van der Waals surface area contributed by atoms with E-state index in [0.29, 0.717) is 17.4 Å². The van der Waals surface area contributed by atoms with Gasteiger partial charge >= 0.3 is 5.97 Å². The predicted molar refractivity (Wildman–Crippen MR) is 107 cm³/mol. The quantitative estimate of drug-likeness (QED) is 0.553. The van der Waals surface area contributed by atoms with Crippen molar-refractivity contribution < 1.29 is 19.7 Å². The number of ether oxygens (including phenoxy) is 1. The summed E-state index contributed by atoms with van der Waals surface area (Å²) in [5.41, 5.74) is 1.45. The molecule has 0 fully saturated rings. The molecule has 148 valence electrons. The molecule has 28 heavy (non-hydrogen) atoms. The number of aromatic nitrogens is 2. The van der Waals surface area contributed by atoms with Crippen LogP contribution >= 0.6 is 0 Å². The van der Waals surface area contributed by atoms with E-state index in [0.717, 1.165) is 29.6 Å². The fourth-order valence-corrected chi connectivity index (χ4v) is 3.18. The molecule has 3 rings (SSSR count). The molecule has 0 aliphatic carbocycles. The highest BCUT2D eigenvalue weighted by Gasteiger charge is 2.17. The number of carboxylic acid groups (broad SMARTS) is 1. The number of nitrogens with one attached hydrogen (secondary N) is 1. The van der Waals surface area contributed by atoms with Crippen molar-refractivity contribution in [1.82, 2.24) is 9.55 Å². The lowest BCUT2D eigenvalue weighted by molar-refractivity contribution is 0.0695. The van der Waals surface area contributed by atoms with Gasteiger partial charge in [0.05, 0.1) is 23.5 Å². The second-order valence-corrected chi connectivity index (χ2v) is 7.05. The van der Waals surface area contributed by atoms with Crippen LogP contribution in [-0.4, -0.2) is 38.9 Å². The average molecular weight is 384 g/mol. The second kappa shape index (κ2) is 8.31. The summed E-state index contributed by atoms with van der Waals surface area (Å²) in [6, 6.07) is 8.95. The molecule has 7 heteroatoms. The van der Waals surface area contributed by atoms with Gasteiger partial charge in [-0.25, -0.2) is 4.79 Å². The molecule has 7 nitrogen and oxygen atoms in total. The Morgan fingerprint density at radius 3 is 2.71 bits per heavy atom. The third kappa shape index (κ3) is 3.94. The maximum atomic E-state index is 12.2. The van der Waals surface area contributed by atoms with Gasteiger partial charge in [0.25, 0.3) is 0 Å². The van der Waals surface area contributed by atoms with E-state index in [1.54, 1.807) is 0 Å². The molecule has 0 aliphatic rings. The number of aryl methyl sites for hydroxylation is 1. The lowest BCUT2D eigenvalue weighted by atomic mass is 10.1. The largest absolute Gasteiger partial charge is 0.490 e. The number of hydrogen-bond acceptors (Lipinski definition) is 4. The maximum absolute atomic E-state index is 12.2. The molecule has 0 unspecified atom stereocenters. The van der Waals surface area contributed by atoms with Crippen molar-refractivity contribution >= 4 is 16.9 Å². The standard InChI is InChI=1S/C21H24N2O5/c1-13(2)6-7-23-17-4-3-5-20(28-9-8-24)14(17)10-18(23)16-11-19(25)15(12-22-16)21(26)27/h3-5,10-13,24H,6-9H2,1-2H3,(H,22,25)(H,26,27). The van der Waals surface area contributed by atoms with Crippen LogP contribution in [0, 0.1) is 5.92 Å². The van der Waals surface area contributed by atoms with Crippen LogP contribution in [0.4, 0.5) is 0 Å². The Labute approximate surface area is 162 Å². The Balaban J connectivity index is 2.17. The fraction of sp³-hybridized carbons (Fsp3) is 0.333. The number of aliphatic hydroxyl groups is 1. The first-order valence-electron chi connectivity index (χ1n) is 9.24. The molecule has 0 spiro atoms. The van der Waals surface area contributed by atoms with Gasteiger partial charge in [-0.3, -0.25) is 4.79 Å². The zero-order chi connectivity index (χ0) is 20.3. The number of nitrogens with zero attached hydrogens (tertiary/aromatic N) is 1. The molecule has 3 aromatic rings. The van der Waals surface area contributed by atoms with E-state index in [1.165, 1.54) is 12.3 Å². The number of aromatic carboxylic acids is 1. The summed E-state index contributed by atoms with van der Waals surface area (Å²) >= 11 is 0. The van der Waals surface area contributed by atoms with Gasteiger partial charge in [-0.2, -0.15) is 0 Å². The molecule has 2 aromatic heterocycles. The normalized spacial score (nSPS) is 11.3. The summed E-state index contributed by atoms with van der Waals surface area (Å²) in [5, 5.41) is 19.0. The monoisotopic (exact) mass is 384 g/mol. The molecule has 0 atom stereocenters. The van der Waals surface area contributed by atoms with Crippen molar-refractivity contribution in [3.63, 3.8) is 0 Å². The molecule has 0 bridgehead atoms. The second-order valence-electron chi connectivity index (χ2n) is 7.05. The van der Waals surface area contributed by atoms with Crippen molar-refractivity contribution in [2.24, 2.45) is 5.92 Å². The number of rotatable bonds is 8. The number of benzene rings is 1. The fourth-order valence-electron chi connectivity index (χ4n) is 3.18. The van der Waals surface area contributed by atoms with Gasteiger partial charge in [0.15, 0.2) is 5.43 Å². The van der Waals surface area contributed by atoms with E-state index in [4.69, 9.17) is 14.9 Å². The van der Waals surface area contributed by atoms with Crippen LogP contribution in [-0.2, 0) is 6.54 Å². The minimum absolute atomic E-state index is 0.0821. The smallest absolute Gasteiger partial charge is 0.341 e. The molecule has 1 aromatic carbocycles. The minimum atomic E-state index is -1.26. The van der Waals surface area contributed by atoms with Crippen molar-refractivity contribution in [2.45, 2.75) is 26.8 Å². The van der Waals surface area contributed by atoms with Crippen molar-refractivity contribution in [1.29, 1.82) is 0 Å². The van der Waals surface area contributed by atoms with Gasteiger partial charge < -0.3 is 24.5 Å². The molecular formula is C21H24N2O5. The van der Waals surface area contributed by atoms with E-state index >= 15 is 0 Å². The Morgan fingerprint density at radius 1 is 1.29 bits per heavy atom. The lowest BCUT2D eigenvalue weighted by Crippen LogP contribution is -2.15. The first-order valence-corrected chi connectivity index (χ1v) is 9.24. The molecule has 0 saturated heterocycles. The first kappa shape index (κ1) is 19.7. The molecule has 0 amide bonds. The SMILES string of the molecule is CC(C)CCn1c(-c2cc(=O)c(C(=O)O)c[nH]2)cc2c(OCCO)cccc21. The van der Waals surface area contributed by atoms with Crippen LogP contribution in [0.5, 0.6) is 5.75 Å². The lowest BCUT2D eigenvalue weighted by Gasteiger charge is -2.13. The van der Waals surface area contributed by atoms with Gasteiger partial charge in [-0.05, 0) is 30.5 Å². The van der Waals surface area contributed by atoms with Crippen molar-refractivity contribution in [3.8, 4) is 17.1 Å². The van der Waals surface area contributed by atoms with Crippen LogP contribution in [0.25, 0.3) is 22.3 Å². The molecular weight excluding hydrogens is 360 g/mol. The van der Waals surface area contributed by atoms with Crippen molar-refractivity contribution in [3.05, 3.63) is 52.3 Å². The van der Waals surface area contributed by atoms with E-state index in [2.05, 4.69) is 23.4 Å². The minimum Gasteiger partial charge on any atom is -0.490 e. The van der Waals surface area contributed by atoms with E-state index in [9.17, 15) is 9.59 Å². The number of aromatic amines is 1. The molecule has 2 heterocycles. The molecule has 0 aliphatic heterocycles. The van der Waals surface area contributed by atoms with E-state index in [-0.39, 0.29) is 18.8 Å². The molecule has 3 N–H and O–H groups in total. The van der Waals surface area contributed by atoms with Crippen LogP contribution in [0.15, 0.2) is 41.3 Å². The molecule has 0 radical (unpaired) electrons. The zero-order valence-corrected chi connectivity index (χ0v) is 15.9. The highest BCUT2D eigenvalue weighted by molar-refractivity contribution is 5.92. The summed E-state index contributed by atoms with van der Waals surface area (Å²) < 4.78 is 7.76. The Bertz CT molecular complexity index is 1050. The zero-order valence-electron chi connectivity index (χ0n) is 15.9. The summed E-state index contributed by atoms with van der Waals surface area (Å²) in [5.74, 6) is -0.110. The van der Waals surface area contributed by atoms with Gasteiger partial charge in [0.1, 0.15) is 17.9 Å². The van der Waals surface area contributed by atoms with E-state index in [1.807, 2.05) is 24.3 Å². The van der Waals surface area contributed by atoms with Crippen LogP contribution in [0.2, 0.25) is 0 Å². The average Bonchev–Trinajstić information content (AvgIpc) is 3.03. The Kier molecular flexibility index (Phi) is 5.84. The van der Waals surface area contributed by atoms with Gasteiger partial charge in [0.2, 0.25) is 0 Å². The maximum Gasteiger partial charge on any atom is 0.341 e.